The molecule has 13 nitrogen and oxygen atoms in total. The third-order valence-corrected chi connectivity index (χ3v) is 8.74. The Kier molecular flexibility index (Phi) is 6.12. The molecule has 4 aliphatic rings. The zero-order valence-electron chi connectivity index (χ0n) is 22.6. The minimum absolute atomic E-state index is 0.0160. The van der Waals surface area contributed by atoms with Crippen LogP contribution in [0.4, 0.5) is 11.4 Å². The van der Waals surface area contributed by atoms with Crippen LogP contribution in [0.15, 0.2) is 24.3 Å². The second-order valence-electron chi connectivity index (χ2n) is 11.3. The van der Waals surface area contributed by atoms with E-state index in [1.807, 2.05) is 0 Å². The molecule has 0 aromatic heterocycles. The molecule has 2 amide bonds. The quantitative estimate of drug-likeness (QED) is 0.289. The number of nitrogens with zero attached hydrogens (tertiary/aromatic N) is 1. The molecular weight excluding hydrogens is 550 g/mol. The summed E-state index contributed by atoms with van der Waals surface area (Å²) in [7, 11) is 3.42. The Morgan fingerprint density at radius 1 is 1.05 bits per heavy atom. The first-order valence-corrected chi connectivity index (χ1v) is 13.3. The summed E-state index contributed by atoms with van der Waals surface area (Å²) >= 11 is 0. The maximum absolute atomic E-state index is 14.0. The van der Waals surface area contributed by atoms with Crippen molar-refractivity contribution in [1.29, 1.82) is 0 Å². The molecule has 42 heavy (non-hydrogen) atoms. The van der Waals surface area contributed by atoms with Gasteiger partial charge in [0.25, 0.3) is 5.91 Å². The van der Waals surface area contributed by atoms with E-state index in [4.69, 9.17) is 15.2 Å². The van der Waals surface area contributed by atoms with E-state index >= 15 is 0 Å². The predicted molar refractivity (Wildman–Crippen MR) is 143 cm³/mol. The van der Waals surface area contributed by atoms with Gasteiger partial charge in [-0.2, -0.15) is 0 Å². The van der Waals surface area contributed by atoms with Crippen molar-refractivity contribution in [2.24, 2.45) is 29.4 Å². The van der Waals surface area contributed by atoms with E-state index in [9.17, 15) is 39.0 Å². The lowest BCUT2D eigenvalue weighted by atomic mass is 9.53. The summed E-state index contributed by atoms with van der Waals surface area (Å²) in [6.07, 6.45) is -0.317. The molecule has 218 valence electrons. The highest BCUT2D eigenvalue weighted by molar-refractivity contribution is 6.31. The van der Waals surface area contributed by atoms with Gasteiger partial charge in [-0.1, -0.05) is 0 Å². The Hall–Kier alpha value is -4.78. The number of rotatable bonds is 4. The van der Waals surface area contributed by atoms with Gasteiger partial charge in [0, 0.05) is 37.7 Å². The van der Waals surface area contributed by atoms with Gasteiger partial charge < -0.3 is 35.6 Å². The number of amides is 2. The number of ketones is 4. The van der Waals surface area contributed by atoms with Crippen LogP contribution in [0.1, 0.15) is 39.1 Å². The summed E-state index contributed by atoms with van der Waals surface area (Å²) in [5.41, 5.74) is 3.28. The Morgan fingerprint density at radius 3 is 2.45 bits per heavy atom. The SMILES string of the molecule is CN(C)c1cc(NC(=O)c2ccc3c(c2)OCO3)c(O)c2c1C[C@H]1C[C@H]3CC(=O)C(C(N)=O)C(=O)[C@@]3(O)C(=O)C1C2=O. The zero-order valence-corrected chi connectivity index (χ0v) is 22.6. The van der Waals surface area contributed by atoms with Crippen molar-refractivity contribution in [1.82, 2.24) is 0 Å². The molecule has 2 saturated carbocycles. The molecule has 6 rings (SSSR count). The highest BCUT2D eigenvalue weighted by Crippen LogP contribution is 2.52. The summed E-state index contributed by atoms with van der Waals surface area (Å²) in [5.74, 6) is -11.0. The van der Waals surface area contributed by atoms with Crippen LogP contribution in [0.2, 0.25) is 0 Å². The second kappa shape index (κ2) is 9.38. The van der Waals surface area contributed by atoms with Crippen molar-refractivity contribution < 1.29 is 48.5 Å². The number of phenols is 1. The molecular formula is C29H27N3O10. The van der Waals surface area contributed by atoms with Gasteiger partial charge in [0.15, 0.2) is 46.2 Å². The number of phenolic OH excluding ortho intramolecular Hbond substituents is 1. The van der Waals surface area contributed by atoms with E-state index in [1.54, 1.807) is 25.1 Å². The maximum Gasteiger partial charge on any atom is 0.255 e. The van der Waals surface area contributed by atoms with E-state index in [1.165, 1.54) is 18.2 Å². The van der Waals surface area contributed by atoms with E-state index in [2.05, 4.69) is 5.32 Å². The standard InChI is InChI=1S/C29H27N3O10/c1-32(2)16-9-15(31-28(39)11-3-4-18-19(7-11)42-10-41-18)23(34)21-14(16)6-12-5-13-8-17(33)22(27(30)38)26(37)29(13,40)25(36)20(12)24(21)35/h3-4,7,9,12-13,20,22,34,40H,5-6,8,10H2,1-2H3,(H2,30,38)(H,31,39)/t12-,13+,20?,22?,29+/m1/s1. The number of benzene rings is 2. The van der Waals surface area contributed by atoms with Gasteiger partial charge in [-0.25, -0.2) is 0 Å². The van der Waals surface area contributed by atoms with Crippen LogP contribution in [-0.2, 0) is 25.6 Å². The highest BCUT2D eigenvalue weighted by atomic mass is 16.7. The molecule has 5 N–H and O–H groups in total. The molecule has 3 aliphatic carbocycles. The first-order valence-electron chi connectivity index (χ1n) is 13.3. The summed E-state index contributed by atoms with van der Waals surface area (Å²) in [4.78, 5) is 80.1. The van der Waals surface area contributed by atoms with Gasteiger partial charge in [-0.05, 0) is 48.6 Å². The first-order chi connectivity index (χ1) is 19.8. The molecule has 2 unspecified atom stereocenters. The monoisotopic (exact) mass is 577 g/mol. The smallest absolute Gasteiger partial charge is 0.255 e. The Bertz CT molecular complexity index is 1630. The second-order valence-corrected chi connectivity index (χ2v) is 11.3. The van der Waals surface area contributed by atoms with Crippen molar-refractivity contribution in [3.63, 3.8) is 0 Å². The fourth-order valence-corrected chi connectivity index (χ4v) is 6.74. The van der Waals surface area contributed by atoms with Gasteiger partial charge in [-0.3, -0.25) is 28.8 Å². The molecule has 5 atom stereocenters. The Labute approximate surface area is 238 Å². The average molecular weight is 578 g/mol. The normalized spacial score (nSPS) is 27.6. The van der Waals surface area contributed by atoms with E-state index in [-0.39, 0.29) is 36.4 Å². The van der Waals surface area contributed by atoms with Crippen molar-refractivity contribution in [3.05, 3.63) is 41.0 Å². The molecule has 2 aromatic rings. The number of carbonyl (C=O) groups is 6. The van der Waals surface area contributed by atoms with Crippen LogP contribution in [-0.4, -0.2) is 71.6 Å². The molecule has 13 heteroatoms. The third kappa shape index (κ3) is 3.80. The lowest BCUT2D eigenvalue weighted by Gasteiger charge is -2.48. The molecule has 0 spiro atoms. The lowest BCUT2D eigenvalue weighted by molar-refractivity contribution is -0.175. The largest absolute Gasteiger partial charge is 0.505 e. The number of nitrogens with one attached hydrogen (secondary N) is 1. The van der Waals surface area contributed by atoms with Crippen molar-refractivity contribution >= 4 is 46.3 Å². The number of ether oxygens (including phenoxy) is 2. The van der Waals surface area contributed by atoms with Gasteiger partial charge >= 0.3 is 0 Å². The number of Topliss-reactive ketones (excluding diaryl/α,β-unsaturated/α-hetero) is 4. The number of nitrogens with two attached hydrogens (primary N) is 1. The average Bonchev–Trinajstić information content (AvgIpc) is 3.40. The molecule has 2 fully saturated rings. The van der Waals surface area contributed by atoms with Crippen molar-refractivity contribution in [2.75, 3.05) is 31.1 Å². The predicted octanol–water partition coefficient (Wildman–Crippen LogP) is 0.374. The van der Waals surface area contributed by atoms with Crippen LogP contribution >= 0.6 is 0 Å². The molecule has 1 aliphatic heterocycles. The summed E-state index contributed by atoms with van der Waals surface area (Å²) in [5, 5.41) is 25.3. The fourth-order valence-electron chi connectivity index (χ4n) is 6.74. The number of hydrogen-bond acceptors (Lipinski definition) is 11. The topological polar surface area (TPSA) is 203 Å². The molecule has 2 aromatic carbocycles. The number of anilines is 2. The minimum atomic E-state index is -2.74. The van der Waals surface area contributed by atoms with Gasteiger partial charge in [0.05, 0.1) is 17.2 Å². The van der Waals surface area contributed by atoms with Gasteiger partial charge in [-0.15, -0.1) is 0 Å². The zero-order chi connectivity index (χ0) is 30.2. The van der Waals surface area contributed by atoms with Crippen LogP contribution in [0.25, 0.3) is 0 Å². The summed E-state index contributed by atoms with van der Waals surface area (Å²) in [6.45, 7) is 0.0160. The highest BCUT2D eigenvalue weighted by Gasteiger charge is 2.66. The van der Waals surface area contributed by atoms with Crippen LogP contribution < -0.4 is 25.4 Å². The van der Waals surface area contributed by atoms with Crippen molar-refractivity contribution in [3.8, 4) is 17.2 Å². The summed E-state index contributed by atoms with van der Waals surface area (Å²) < 4.78 is 10.6. The van der Waals surface area contributed by atoms with Gasteiger partial charge in [0.1, 0.15) is 5.75 Å². The first kappa shape index (κ1) is 27.4. The third-order valence-electron chi connectivity index (χ3n) is 8.74. The Morgan fingerprint density at radius 2 is 1.76 bits per heavy atom. The number of primary amides is 1. The molecule has 0 bridgehead atoms. The van der Waals surface area contributed by atoms with Gasteiger partial charge in [0.2, 0.25) is 12.7 Å². The maximum atomic E-state index is 14.0. The minimum Gasteiger partial charge on any atom is -0.505 e. The van der Waals surface area contributed by atoms with E-state index < -0.39 is 76.4 Å². The van der Waals surface area contributed by atoms with Crippen LogP contribution in [0.3, 0.4) is 0 Å². The van der Waals surface area contributed by atoms with Crippen molar-refractivity contribution in [2.45, 2.75) is 24.9 Å². The molecule has 0 radical (unpaired) electrons. The Balaban J connectivity index is 1.39. The molecule has 0 saturated heterocycles. The number of aromatic hydroxyl groups is 1. The van der Waals surface area contributed by atoms with Crippen LogP contribution in [0, 0.1) is 23.7 Å². The molecule has 1 heterocycles. The number of carbonyl (C=O) groups excluding carboxylic acids is 6. The number of aliphatic hydroxyl groups is 1. The van der Waals surface area contributed by atoms with Crippen LogP contribution in [0.5, 0.6) is 17.2 Å². The summed E-state index contributed by atoms with van der Waals surface area (Å²) in [6, 6.07) is 6.05. The van der Waals surface area contributed by atoms with E-state index in [0.29, 0.717) is 22.7 Å². The number of hydrogen-bond donors (Lipinski definition) is 4. The number of fused-ring (bicyclic) bond motifs is 4. The fraction of sp³-hybridized carbons (Fsp3) is 0.379. The van der Waals surface area contributed by atoms with E-state index in [0.717, 1.165) is 0 Å². The lowest BCUT2D eigenvalue weighted by Crippen LogP contribution is -2.68.